The first-order chi connectivity index (χ1) is 6.75. The van der Waals surface area contributed by atoms with Gasteiger partial charge in [-0.1, -0.05) is 20.8 Å². The van der Waals surface area contributed by atoms with Crippen LogP contribution in [-0.2, 0) is 0 Å². The van der Waals surface area contributed by atoms with Crippen LogP contribution in [0, 0.1) is 5.41 Å². The summed E-state index contributed by atoms with van der Waals surface area (Å²) in [6.45, 7) is 5.79. The Kier molecular flexibility index (Phi) is 4.46. The second-order valence-corrected chi connectivity index (χ2v) is 4.71. The number of benzene rings is 1. The van der Waals surface area contributed by atoms with Crippen molar-refractivity contribution in [3.05, 3.63) is 17.7 Å². The molecule has 0 aliphatic heterocycles. The third kappa shape index (κ3) is 2.71. The summed E-state index contributed by atoms with van der Waals surface area (Å²) in [7, 11) is 0. The maximum atomic E-state index is 9.62. The molecule has 0 fully saturated rings. The number of hydrogen-bond acceptors (Lipinski definition) is 4. The van der Waals surface area contributed by atoms with E-state index in [1.165, 1.54) is 12.1 Å². The molecule has 0 unspecified atom stereocenters. The Hall–Kier alpha value is -1.13. The first-order valence-corrected chi connectivity index (χ1v) is 4.74. The number of rotatable bonds is 1. The zero-order valence-corrected chi connectivity index (χ0v) is 10.4. The summed E-state index contributed by atoms with van der Waals surface area (Å²) in [6.07, 6.45) is 0. The van der Waals surface area contributed by atoms with E-state index < -0.39 is 11.8 Å². The molecule has 1 aromatic carbocycles. The average Bonchev–Trinajstić information content (AvgIpc) is 2.12. The molecule has 0 spiro atoms. The van der Waals surface area contributed by atoms with Gasteiger partial charge in [-0.25, -0.2) is 0 Å². The second-order valence-electron chi connectivity index (χ2n) is 4.71. The lowest BCUT2D eigenvalue weighted by Gasteiger charge is -2.28. The quantitative estimate of drug-likeness (QED) is 0.574. The van der Waals surface area contributed by atoms with Gasteiger partial charge in [-0.2, -0.15) is 0 Å². The van der Waals surface area contributed by atoms with Gasteiger partial charge in [0.1, 0.15) is 0 Å². The zero-order chi connectivity index (χ0) is 11.8. The lowest BCUT2D eigenvalue weighted by atomic mass is 9.82. The van der Waals surface area contributed by atoms with Gasteiger partial charge in [-0.3, -0.25) is 0 Å². The number of halogens is 1. The Bertz CT molecular complexity index is 374. The summed E-state index contributed by atoms with van der Waals surface area (Å²) in [5.74, 6) is -1.22. The topological polar surface area (TPSA) is 86.7 Å². The molecule has 0 aliphatic rings. The molecule has 1 atom stereocenters. The maximum absolute atomic E-state index is 9.62. The molecule has 16 heavy (non-hydrogen) atoms. The molecule has 4 nitrogen and oxygen atoms in total. The average molecular weight is 248 g/mol. The zero-order valence-electron chi connectivity index (χ0n) is 9.56. The highest BCUT2D eigenvalue weighted by Gasteiger charge is 2.26. The molecule has 1 aromatic rings. The van der Waals surface area contributed by atoms with Gasteiger partial charge in [0.15, 0.2) is 11.5 Å². The van der Waals surface area contributed by atoms with Crippen LogP contribution in [0.4, 0.5) is 0 Å². The number of hydrogen-bond donors (Lipinski definition) is 4. The van der Waals surface area contributed by atoms with E-state index in [2.05, 4.69) is 0 Å². The Morgan fingerprint density at radius 3 is 2.00 bits per heavy atom. The normalized spacial score (nSPS) is 13.0. The van der Waals surface area contributed by atoms with Gasteiger partial charge >= 0.3 is 0 Å². The molecule has 5 heteroatoms. The van der Waals surface area contributed by atoms with E-state index >= 15 is 0 Å². The molecular weight excluding hydrogens is 230 g/mol. The summed E-state index contributed by atoms with van der Waals surface area (Å²) in [5.41, 5.74) is 6.13. The third-order valence-corrected chi connectivity index (χ3v) is 2.43. The highest BCUT2D eigenvalue weighted by Crippen LogP contribution is 2.43. The van der Waals surface area contributed by atoms with Gasteiger partial charge < -0.3 is 21.1 Å². The van der Waals surface area contributed by atoms with Gasteiger partial charge in [0.05, 0.1) is 0 Å². The first-order valence-electron chi connectivity index (χ1n) is 4.74. The van der Waals surface area contributed by atoms with Crippen molar-refractivity contribution >= 4 is 12.4 Å². The second kappa shape index (κ2) is 4.80. The highest BCUT2D eigenvalue weighted by molar-refractivity contribution is 5.85. The van der Waals surface area contributed by atoms with E-state index in [9.17, 15) is 10.2 Å². The third-order valence-electron chi connectivity index (χ3n) is 2.43. The van der Waals surface area contributed by atoms with Crippen LogP contribution in [0.2, 0.25) is 0 Å². The lowest BCUT2D eigenvalue weighted by molar-refractivity contribution is 0.309. The van der Waals surface area contributed by atoms with Crippen LogP contribution in [-0.4, -0.2) is 15.3 Å². The van der Waals surface area contributed by atoms with E-state index in [4.69, 9.17) is 10.8 Å². The molecule has 0 saturated carbocycles. The summed E-state index contributed by atoms with van der Waals surface area (Å²) in [5, 5.41) is 28.1. The fourth-order valence-electron chi connectivity index (χ4n) is 1.30. The van der Waals surface area contributed by atoms with Gasteiger partial charge in [-0.05, 0) is 17.5 Å². The smallest absolute Gasteiger partial charge is 0.200 e. The molecule has 92 valence electrons. The molecule has 0 heterocycles. The Labute approximate surface area is 101 Å². The number of aromatic hydroxyl groups is 3. The number of phenolic OH excluding ortho intramolecular Hbond substituents is 3. The van der Waals surface area contributed by atoms with Crippen LogP contribution in [0.3, 0.4) is 0 Å². The van der Waals surface area contributed by atoms with Crippen molar-refractivity contribution < 1.29 is 15.3 Å². The minimum Gasteiger partial charge on any atom is -0.504 e. The van der Waals surface area contributed by atoms with Gasteiger partial charge in [0, 0.05) is 11.6 Å². The van der Waals surface area contributed by atoms with Crippen molar-refractivity contribution in [2.24, 2.45) is 11.1 Å². The molecule has 5 N–H and O–H groups in total. The molecule has 1 rings (SSSR count). The van der Waals surface area contributed by atoms with Crippen LogP contribution in [0.5, 0.6) is 17.2 Å². The number of phenols is 3. The predicted octanol–water partition coefficient (Wildman–Crippen LogP) is 2.27. The van der Waals surface area contributed by atoms with Crippen molar-refractivity contribution in [2.75, 3.05) is 0 Å². The molecule has 0 radical (unpaired) electrons. The van der Waals surface area contributed by atoms with E-state index in [-0.39, 0.29) is 29.3 Å². The van der Waals surface area contributed by atoms with Crippen molar-refractivity contribution in [3.8, 4) is 17.2 Å². The summed E-state index contributed by atoms with van der Waals surface area (Å²) in [6, 6.07) is 2.42. The van der Waals surface area contributed by atoms with Gasteiger partial charge in [0.25, 0.3) is 0 Å². The van der Waals surface area contributed by atoms with Crippen molar-refractivity contribution in [1.29, 1.82) is 0 Å². The first kappa shape index (κ1) is 14.9. The van der Waals surface area contributed by atoms with E-state index in [0.29, 0.717) is 5.56 Å². The van der Waals surface area contributed by atoms with Crippen LogP contribution >= 0.6 is 12.4 Å². The molecular formula is C11H18ClNO3. The minimum absolute atomic E-state index is 0. The predicted molar refractivity (Wildman–Crippen MR) is 65.1 cm³/mol. The Morgan fingerprint density at radius 1 is 1.06 bits per heavy atom. The fourth-order valence-corrected chi connectivity index (χ4v) is 1.30. The van der Waals surface area contributed by atoms with E-state index in [1.807, 2.05) is 20.8 Å². The SMILES string of the molecule is CC(C)(C)[C@@H](N)c1ccc(O)c(O)c1O.Cl. The molecule has 0 aliphatic carbocycles. The highest BCUT2D eigenvalue weighted by atomic mass is 35.5. The van der Waals surface area contributed by atoms with E-state index in [1.54, 1.807) is 0 Å². The van der Waals surface area contributed by atoms with Gasteiger partial charge in [-0.15, -0.1) is 12.4 Å². The van der Waals surface area contributed by atoms with Crippen molar-refractivity contribution in [2.45, 2.75) is 26.8 Å². The molecule has 0 bridgehead atoms. The number of nitrogens with two attached hydrogens (primary N) is 1. The fraction of sp³-hybridized carbons (Fsp3) is 0.455. The van der Waals surface area contributed by atoms with Crippen LogP contribution in [0.15, 0.2) is 12.1 Å². The van der Waals surface area contributed by atoms with Gasteiger partial charge in [0.2, 0.25) is 5.75 Å². The van der Waals surface area contributed by atoms with Crippen LogP contribution in [0.1, 0.15) is 32.4 Å². The van der Waals surface area contributed by atoms with E-state index in [0.717, 1.165) is 0 Å². The largest absolute Gasteiger partial charge is 0.504 e. The summed E-state index contributed by atoms with van der Waals surface area (Å²) < 4.78 is 0. The Morgan fingerprint density at radius 2 is 1.56 bits per heavy atom. The van der Waals surface area contributed by atoms with Crippen LogP contribution < -0.4 is 5.73 Å². The standard InChI is InChI=1S/C11H17NO3.ClH/c1-11(2,3)10(12)6-4-5-7(13)9(15)8(6)14;/h4-5,10,13-15H,12H2,1-3H3;1H/t10-;/m0./s1. The molecule has 0 amide bonds. The molecule has 0 saturated heterocycles. The maximum Gasteiger partial charge on any atom is 0.200 e. The summed E-state index contributed by atoms with van der Waals surface area (Å²) in [4.78, 5) is 0. The lowest BCUT2D eigenvalue weighted by Crippen LogP contribution is -2.26. The monoisotopic (exact) mass is 247 g/mol. The van der Waals surface area contributed by atoms with Crippen molar-refractivity contribution in [1.82, 2.24) is 0 Å². The Balaban J connectivity index is 0.00000225. The van der Waals surface area contributed by atoms with Crippen molar-refractivity contribution in [3.63, 3.8) is 0 Å². The summed E-state index contributed by atoms with van der Waals surface area (Å²) >= 11 is 0. The minimum atomic E-state index is -0.521. The molecule has 0 aromatic heterocycles. The van der Waals surface area contributed by atoms with Crippen LogP contribution in [0.25, 0.3) is 0 Å².